The van der Waals surface area contributed by atoms with E-state index in [1.807, 2.05) is 6.20 Å². The van der Waals surface area contributed by atoms with Gasteiger partial charge in [0.25, 0.3) is 0 Å². The van der Waals surface area contributed by atoms with Crippen molar-refractivity contribution in [1.29, 1.82) is 0 Å². The summed E-state index contributed by atoms with van der Waals surface area (Å²) in [5.41, 5.74) is 3.88. The van der Waals surface area contributed by atoms with Gasteiger partial charge in [-0.15, -0.1) is 13.2 Å². The molecular weight excluding hydrogens is 367 g/mol. The second-order valence-corrected chi connectivity index (χ2v) is 7.69. The lowest BCUT2D eigenvalue weighted by atomic mass is 9.76. The number of aromatic nitrogens is 3. The van der Waals surface area contributed by atoms with Crippen LogP contribution in [0, 0.1) is 0 Å². The van der Waals surface area contributed by atoms with Gasteiger partial charge in [0.2, 0.25) is 0 Å². The number of hydrogen-bond acceptors (Lipinski definition) is 3. The van der Waals surface area contributed by atoms with Gasteiger partial charge in [0, 0.05) is 17.5 Å². The van der Waals surface area contributed by atoms with Crippen LogP contribution < -0.4 is 4.74 Å². The highest BCUT2D eigenvalue weighted by Crippen LogP contribution is 2.45. The standard InChI is InChI=1S/C21H20F3N3O/c22-21(23,24)28-16-9-7-15(8-10-16)27-20-18(19(26-27)14-5-2-6-14)17(11-12-25-20)13-3-1-4-13/h7-14H,1-6H2. The second-order valence-electron chi connectivity index (χ2n) is 7.69. The molecular formula is C21H20F3N3O. The Bertz CT molecular complexity index is 1000. The summed E-state index contributed by atoms with van der Waals surface area (Å²) < 4.78 is 43.0. The highest BCUT2D eigenvalue weighted by Gasteiger charge is 2.32. The third-order valence-electron chi connectivity index (χ3n) is 5.98. The molecule has 4 nitrogen and oxygen atoms in total. The van der Waals surface area contributed by atoms with E-state index in [1.165, 1.54) is 43.4 Å². The summed E-state index contributed by atoms with van der Waals surface area (Å²) in [6, 6.07) is 7.93. The van der Waals surface area contributed by atoms with Crippen molar-refractivity contribution in [2.75, 3.05) is 0 Å². The topological polar surface area (TPSA) is 39.9 Å². The van der Waals surface area contributed by atoms with E-state index in [0.717, 1.165) is 29.6 Å². The molecule has 0 unspecified atom stereocenters. The summed E-state index contributed by atoms with van der Waals surface area (Å²) in [5.74, 6) is 0.763. The van der Waals surface area contributed by atoms with E-state index in [1.54, 1.807) is 16.8 Å². The van der Waals surface area contributed by atoms with Crippen LogP contribution in [0.25, 0.3) is 16.7 Å². The molecule has 2 aliphatic carbocycles. The summed E-state index contributed by atoms with van der Waals surface area (Å²) in [5, 5.41) is 6.02. The number of nitrogens with zero attached hydrogens (tertiary/aromatic N) is 3. The average Bonchev–Trinajstić information content (AvgIpc) is 2.91. The van der Waals surface area contributed by atoms with Crippen molar-refractivity contribution in [3.8, 4) is 11.4 Å². The quantitative estimate of drug-likeness (QED) is 0.563. The molecule has 28 heavy (non-hydrogen) atoms. The fraction of sp³-hybridized carbons (Fsp3) is 0.429. The molecule has 0 radical (unpaired) electrons. The molecule has 2 aliphatic rings. The van der Waals surface area contributed by atoms with Gasteiger partial charge >= 0.3 is 6.36 Å². The van der Waals surface area contributed by atoms with Crippen molar-refractivity contribution in [3.63, 3.8) is 0 Å². The predicted octanol–water partition coefficient (Wildman–Crippen LogP) is 5.85. The first-order valence-corrected chi connectivity index (χ1v) is 9.73. The van der Waals surface area contributed by atoms with Gasteiger partial charge in [-0.2, -0.15) is 5.10 Å². The van der Waals surface area contributed by atoms with Gasteiger partial charge in [0.1, 0.15) is 5.75 Å². The number of rotatable bonds is 4. The molecule has 0 saturated heterocycles. The SMILES string of the molecule is FC(F)(F)Oc1ccc(-n2nc(C3CCC3)c3c(C4CCC4)ccnc32)cc1. The molecule has 2 aromatic heterocycles. The molecule has 2 saturated carbocycles. The maximum Gasteiger partial charge on any atom is 0.573 e. The number of halogens is 3. The molecule has 0 N–H and O–H groups in total. The van der Waals surface area contributed by atoms with Crippen molar-refractivity contribution >= 4 is 11.0 Å². The van der Waals surface area contributed by atoms with Gasteiger partial charge in [0.05, 0.1) is 11.4 Å². The van der Waals surface area contributed by atoms with Crippen LogP contribution in [0.3, 0.4) is 0 Å². The molecule has 5 rings (SSSR count). The highest BCUT2D eigenvalue weighted by atomic mass is 19.4. The number of ether oxygens (including phenoxy) is 1. The third kappa shape index (κ3) is 3.02. The van der Waals surface area contributed by atoms with Crippen molar-refractivity contribution in [3.05, 3.63) is 47.8 Å². The Morgan fingerprint density at radius 1 is 0.929 bits per heavy atom. The summed E-state index contributed by atoms with van der Waals surface area (Å²) in [6.45, 7) is 0. The van der Waals surface area contributed by atoms with Crippen LogP contribution in [0.2, 0.25) is 0 Å². The van der Waals surface area contributed by atoms with Gasteiger partial charge in [-0.25, -0.2) is 9.67 Å². The summed E-state index contributed by atoms with van der Waals surface area (Å²) in [7, 11) is 0. The molecule has 0 atom stereocenters. The normalized spacial score (nSPS) is 18.1. The van der Waals surface area contributed by atoms with Crippen molar-refractivity contribution in [1.82, 2.24) is 14.8 Å². The maximum absolute atomic E-state index is 12.4. The zero-order valence-corrected chi connectivity index (χ0v) is 15.2. The Hall–Kier alpha value is -2.57. The van der Waals surface area contributed by atoms with Gasteiger partial charge in [0.15, 0.2) is 5.65 Å². The molecule has 7 heteroatoms. The molecule has 0 spiro atoms. The van der Waals surface area contributed by atoms with Gasteiger partial charge in [-0.05, 0) is 67.5 Å². The Labute approximate surface area is 160 Å². The van der Waals surface area contributed by atoms with Crippen LogP contribution in [-0.4, -0.2) is 21.1 Å². The molecule has 3 aromatic rings. The highest BCUT2D eigenvalue weighted by molar-refractivity contribution is 5.85. The number of fused-ring (bicyclic) bond motifs is 1. The first kappa shape index (κ1) is 17.5. The zero-order chi connectivity index (χ0) is 19.3. The van der Waals surface area contributed by atoms with Gasteiger partial charge in [-0.1, -0.05) is 12.8 Å². The minimum absolute atomic E-state index is 0.241. The van der Waals surface area contributed by atoms with Crippen LogP contribution in [0.1, 0.15) is 61.6 Å². The summed E-state index contributed by atoms with van der Waals surface area (Å²) >= 11 is 0. The average molecular weight is 387 g/mol. The minimum Gasteiger partial charge on any atom is -0.406 e. The van der Waals surface area contributed by atoms with Gasteiger partial charge in [-0.3, -0.25) is 0 Å². The van der Waals surface area contributed by atoms with Gasteiger partial charge < -0.3 is 4.74 Å². The predicted molar refractivity (Wildman–Crippen MR) is 98.7 cm³/mol. The molecule has 2 heterocycles. The molecule has 1 aromatic carbocycles. The number of hydrogen-bond donors (Lipinski definition) is 0. The largest absolute Gasteiger partial charge is 0.573 e. The fourth-order valence-electron chi connectivity index (χ4n) is 4.09. The number of benzene rings is 1. The smallest absolute Gasteiger partial charge is 0.406 e. The van der Waals surface area contributed by atoms with E-state index >= 15 is 0 Å². The van der Waals surface area contributed by atoms with Crippen LogP contribution in [0.15, 0.2) is 36.5 Å². The maximum atomic E-state index is 12.4. The number of alkyl halides is 3. The second kappa shape index (κ2) is 6.50. The molecule has 2 fully saturated rings. The van der Waals surface area contributed by atoms with Crippen molar-refractivity contribution < 1.29 is 17.9 Å². The Morgan fingerprint density at radius 2 is 1.61 bits per heavy atom. The third-order valence-corrected chi connectivity index (χ3v) is 5.98. The Morgan fingerprint density at radius 3 is 2.18 bits per heavy atom. The van der Waals surface area contributed by atoms with E-state index in [2.05, 4.69) is 15.8 Å². The monoisotopic (exact) mass is 387 g/mol. The Balaban J connectivity index is 1.60. The van der Waals surface area contributed by atoms with Crippen LogP contribution >= 0.6 is 0 Å². The molecule has 0 bridgehead atoms. The van der Waals surface area contributed by atoms with E-state index in [4.69, 9.17) is 5.10 Å². The Kier molecular flexibility index (Phi) is 4.07. The zero-order valence-electron chi connectivity index (χ0n) is 15.2. The minimum atomic E-state index is -4.70. The van der Waals surface area contributed by atoms with E-state index in [9.17, 15) is 13.2 Å². The first-order chi connectivity index (χ1) is 13.5. The van der Waals surface area contributed by atoms with Crippen LogP contribution in [0.5, 0.6) is 5.75 Å². The van der Waals surface area contributed by atoms with Crippen molar-refractivity contribution in [2.24, 2.45) is 0 Å². The number of pyridine rings is 1. The molecule has 0 aliphatic heterocycles. The molecule has 146 valence electrons. The van der Waals surface area contributed by atoms with E-state index < -0.39 is 6.36 Å². The lowest BCUT2D eigenvalue weighted by Crippen LogP contribution is -2.17. The summed E-state index contributed by atoms with van der Waals surface area (Å²) in [6.07, 6.45) is 4.22. The van der Waals surface area contributed by atoms with E-state index in [0.29, 0.717) is 17.5 Å². The fourth-order valence-corrected chi connectivity index (χ4v) is 4.09. The lowest BCUT2D eigenvalue weighted by molar-refractivity contribution is -0.274. The van der Waals surface area contributed by atoms with E-state index in [-0.39, 0.29) is 5.75 Å². The first-order valence-electron chi connectivity index (χ1n) is 9.73. The lowest BCUT2D eigenvalue weighted by Gasteiger charge is -2.28. The summed E-state index contributed by atoms with van der Waals surface area (Å²) in [4.78, 5) is 4.59. The van der Waals surface area contributed by atoms with Crippen molar-refractivity contribution in [2.45, 2.75) is 56.7 Å². The van der Waals surface area contributed by atoms with Crippen LogP contribution in [0.4, 0.5) is 13.2 Å². The van der Waals surface area contributed by atoms with Crippen LogP contribution in [-0.2, 0) is 0 Å². The molecule has 0 amide bonds.